The van der Waals surface area contributed by atoms with Crippen LogP contribution >= 0.6 is 7.21 Å². The average Bonchev–Trinajstić information content (AvgIpc) is 3.49. The number of rotatable bonds is 5. The smallest absolute Gasteiger partial charge is 0.123 e. The summed E-state index contributed by atoms with van der Waals surface area (Å²) in [6, 6.07) is 27.4. The van der Waals surface area contributed by atoms with Crippen LogP contribution in [0.15, 0.2) is 89.7 Å². The zero-order valence-corrected chi connectivity index (χ0v) is 19.9. The number of hydrogen-bond donors (Lipinski definition) is 0. The molecular weight excluding hydrogens is 430 g/mol. The summed E-state index contributed by atoms with van der Waals surface area (Å²) in [6.45, 7) is 6.22. The Morgan fingerprint density at radius 2 is 1.42 bits per heavy atom. The van der Waals surface area contributed by atoms with E-state index in [-0.39, 0.29) is 5.82 Å². The monoisotopic (exact) mass is 458 g/mol. The number of aryl methyl sites for hydroxylation is 1. The van der Waals surface area contributed by atoms with E-state index in [1.807, 2.05) is 28.9 Å². The summed E-state index contributed by atoms with van der Waals surface area (Å²) in [4.78, 5) is 0. The Morgan fingerprint density at radius 3 is 2.06 bits per heavy atom. The fourth-order valence-corrected chi connectivity index (χ4v) is 8.98. The Kier molecular flexibility index (Phi) is 6.01. The van der Waals surface area contributed by atoms with Crippen molar-refractivity contribution in [3.8, 4) is 5.69 Å². The maximum Gasteiger partial charge on any atom is 0.123 e. The molecule has 0 radical (unpaired) electrons. The molecule has 6 heteroatoms. The largest absolute Gasteiger partial charge is 0.262 e. The number of nitrogens with zero attached hydrogens (tertiary/aromatic N) is 4. The zero-order chi connectivity index (χ0) is 22.8. The quantitative estimate of drug-likeness (QED) is 0.338. The minimum atomic E-state index is -2.41. The lowest BCUT2D eigenvalue weighted by Crippen LogP contribution is -2.32. The first kappa shape index (κ1) is 21.8. The predicted octanol–water partition coefficient (Wildman–Crippen LogP) is 6.12. The number of benzene rings is 3. The lowest BCUT2D eigenvalue weighted by Gasteiger charge is -2.35. The Balaban J connectivity index is 1.85. The van der Waals surface area contributed by atoms with E-state index in [4.69, 9.17) is 9.84 Å². The van der Waals surface area contributed by atoms with E-state index in [0.717, 1.165) is 48.7 Å². The summed E-state index contributed by atoms with van der Waals surface area (Å²) < 4.78 is 23.8. The molecule has 0 bridgehead atoms. The molecule has 168 valence electrons. The summed E-state index contributed by atoms with van der Waals surface area (Å²) in [6.07, 6.45) is 2.30. The molecule has 1 saturated heterocycles. The van der Waals surface area contributed by atoms with Crippen LogP contribution in [0, 0.1) is 19.7 Å². The molecule has 1 fully saturated rings. The van der Waals surface area contributed by atoms with Crippen LogP contribution in [-0.4, -0.2) is 27.5 Å². The highest BCUT2D eigenvalue weighted by Crippen LogP contribution is 2.56. The molecule has 4 nitrogen and oxygen atoms in total. The van der Waals surface area contributed by atoms with Crippen LogP contribution in [0.25, 0.3) is 5.69 Å². The van der Waals surface area contributed by atoms with Crippen LogP contribution < -0.4 is 10.6 Å². The van der Waals surface area contributed by atoms with Gasteiger partial charge in [-0.2, -0.15) is 5.10 Å². The molecule has 0 aliphatic carbocycles. The molecule has 1 aliphatic heterocycles. The van der Waals surface area contributed by atoms with Gasteiger partial charge in [0.05, 0.1) is 35.3 Å². The van der Waals surface area contributed by atoms with Gasteiger partial charge in [0.2, 0.25) is 0 Å². The van der Waals surface area contributed by atoms with Gasteiger partial charge in [-0.1, -0.05) is 48.5 Å². The molecule has 5 rings (SSSR count). The maximum absolute atomic E-state index is 13.7. The van der Waals surface area contributed by atoms with Gasteiger partial charge in [0, 0.05) is 18.4 Å². The van der Waals surface area contributed by atoms with Gasteiger partial charge in [-0.3, -0.25) is 4.67 Å². The van der Waals surface area contributed by atoms with E-state index in [9.17, 15) is 4.39 Å². The van der Waals surface area contributed by atoms with Gasteiger partial charge in [0.25, 0.3) is 0 Å². The Labute approximate surface area is 194 Å². The highest BCUT2D eigenvalue weighted by molar-refractivity contribution is 7.79. The van der Waals surface area contributed by atoms with Crippen LogP contribution in [0.5, 0.6) is 0 Å². The summed E-state index contributed by atoms with van der Waals surface area (Å²) >= 11 is 0. The number of aromatic nitrogens is 2. The molecule has 4 aromatic rings. The second-order valence-electron chi connectivity index (χ2n) is 8.44. The van der Waals surface area contributed by atoms with Gasteiger partial charge >= 0.3 is 0 Å². The van der Waals surface area contributed by atoms with Crippen LogP contribution in [0.2, 0.25) is 0 Å². The highest BCUT2D eigenvalue weighted by Gasteiger charge is 2.38. The second-order valence-corrected chi connectivity index (χ2v) is 11.4. The molecule has 0 saturated carbocycles. The van der Waals surface area contributed by atoms with Crippen molar-refractivity contribution >= 4 is 23.5 Å². The standard InChI is InChI=1S/C27H28FN4P/c1-21-27(22(2)32(29-21)25-11-5-3-6-12-25)33(31-19-9-10-20-31,26-13-7-4-8-14-26)30-24-17-15-23(28)16-18-24/h3-8,11-18H,9-10,19-20H2,1-2H3. The SMILES string of the molecule is Cc1nn(-c2ccccc2)c(C)c1P(=Nc1ccc(F)cc1)(c1ccccc1)N1CCCC1. The summed E-state index contributed by atoms with van der Waals surface area (Å²) in [5, 5.41) is 7.40. The van der Waals surface area contributed by atoms with E-state index in [0.29, 0.717) is 0 Å². The number of halogens is 1. The normalized spacial score (nSPS) is 16.0. The molecule has 1 atom stereocenters. The maximum atomic E-state index is 13.7. The summed E-state index contributed by atoms with van der Waals surface area (Å²) in [5.41, 5.74) is 3.94. The van der Waals surface area contributed by atoms with Crippen molar-refractivity contribution in [3.05, 3.63) is 102 Å². The van der Waals surface area contributed by atoms with Crippen molar-refractivity contribution in [3.63, 3.8) is 0 Å². The zero-order valence-electron chi connectivity index (χ0n) is 19.0. The summed E-state index contributed by atoms with van der Waals surface area (Å²) in [5.74, 6) is -0.247. The molecule has 1 aliphatic rings. The molecule has 1 unspecified atom stereocenters. The highest BCUT2D eigenvalue weighted by atomic mass is 31.2. The van der Waals surface area contributed by atoms with Crippen LogP contribution in [0.4, 0.5) is 10.1 Å². The second kappa shape index (κ2) is 9.09. The Bertz CT molecular complexity index is 1290. The van der Waals surface area contributed by atoms with E-state index in [2.05, 4.69) is 54.9 Å². The van der Waals surface area contributed by atoms with Gasteiger partial charge in [0.1, 0.15) is 5.82 Å². The van der Waals surface area contributed by atoms with Gasteiger partial charge in [0.15, 0.2) is 0 Å². The van der Waals surface area contributed by atoms with Gasteiger partial charge in [-0.25, -0.2) is 13.8 Å². The molecule has 0 N–H and O–H groups in total. The van der Waals surface area contributed by atoms with Crippen molar-refractivity contribution in [1.29, 1.82) is 0 Å². The number of hydrogen-bond acceptors (Lipinski definition) is 2. The van der Waals surface area contributed by atoms with Crippen LogP contribution in [0.1, 0.15) is 24.2 Å². The first-order valence-electron chi connectivity index (χ1n) is 11.4. The van der Waals surface area contributed by atoms with Gasteiger partial charge in [-0.05, 0) is 63.1 Å². The first-order valence-corrected chi connectivity index (χ1v) is 13.1. The molecular formula is C27H28FN4P. The van der Waals surface area contributed by atoms with Crippen molar-refractivity contribution in [2.45, 2.75) is 26.7 Å². The van der Waals surface area contributed by atoms with Crippen molar-refractivity contribution in [2.24, 2.45) is 4.74 Å². The predicted molar refractivity (Wildman–Crippen MR) is 135 cm³/mol. The molecule has 33 heavy (non-hydrogen) atoms. The fraction of sp³-hybridized carbons (Fsp3) is 0.222. The first-order chi connectivity index (χ1) is 16.1. The van der Waals surface area contributed by atoms with Crippen LogP contribution in [-0.2, 0) is 0 Å². The Hall–Kier alpha value is -3.01. The van der Waals surface area contributed by atoms with Crippen molar-refractivity contribution < 1.29 is 4.39 Å². The van der Waals surface area contributed by atoms with Gasteiger partial charge in [-0.15, -0.1) is 0 Å². The third-order valence-corrected chi connectivity index (χ3v) is 10.3. The third-order valence-electron chi connectivity index (χ3n) is 6.26. The summed E-state index contributed by atoms with van der Waals surface area (Å²) in [7, 11) is -2.41. The average molecular weight is 459 g/mol. The van der Waals surface area contributed by atoms with Crippen LogP contribution in [0.3, 0.4) is 0 Å². The lowest BCUT2D eigenvalue weighted by atomic mass is 10.3. The van der Waals surface area contributed by atoms with Gasteiger partial charge < -0.3 is 0 Å². The van der Waals surface area contributed by atoms with E-state index in [1.165, 1.54) is 22.7 Å². The molecule has 3 aromatic carbocycles. The number of para-hydroxylation sites is 1. The van der Waals surface area contributed by atoms with E-state index in [1.54, 1.807) is 12.1 Å². The fourth-order valence-electron chi connectivity index (χ4n) is 4.81. The minimum absolute atomic E-state index is 0.247. The van der Waals surface area contributed by atoms with Crippen molar-refractivity contribution in [1.82, 2.24) is 14.5 Å². The van der Waals surface area contributed by atoms with Crippen molar-refractivity contribution in [2.75, 3.05) is 13.1 Å². The molecule has 1 aromatic heterocycles. The minimum Gasteiger partial charge on any atom is -0.262 e. The van der Waals surface area contributed by atoms with E-state index >= 15 is 0 Å². The Morgan fingerprint density at radius 1 is 0.818 bits per heavy atom. The third kappa shape index (κ3) is 3.96. The molecule has 2 heterocycles. The molecule has 0 spiro atoms. The van der Waals surface area contributed by atoms with E-state index < -0.39 is 7.21 Å². The topological polar surface area (TPSA) is 33.4 Å². The molecule has 0 amide bonds. The lowest BCUT2D eigenvalue weighted by molar-refractivity contribution is 0.568.